The summed E-state index contributed by atoms with van der Waals surface area (Å²) < 4.78 is 4.88. The van der Waals surface area contributed by atoms with Crippen LogP contribution in [-0.4, -0.2) is 13.1 Å². The molecule has 0 aliphatic carbocycles. The van der Waals surface area contributed by atoms with Crippen LogP contribution < -0.4 is 0 Å². The molecule has 0 N–H and O–H groups in total. The number of methoxy groups -OCH3 is 1. The first kappa shape index (κ1) is 24.5. The molecule has 0 rings (SSSR count). The Labute approximate surface area is 158 Å². The normalized spacial score (nSPS) is 18.9. The van der Waals surface area contributed by atoms with Gasteiger partial charge in [0.15, 0.2) is 0 Å². The average molecular weight is 355 g/mol. The van der Waals surface area contributed by atoms with E-state index in [4.69, 9.17) is 4.74 Å². The summed E-state index contributed by atoms with van der Waals surface area (Å²) in [4.78, 5) is 11.6. The first-order valence-electron chi connectivity index (χ1n) is 11.0. The molecule has 0 aromatic carbocycles. The van der Waals surface area contributed by atoms with Gasteiger partial charge in [0.1, 0.15) is 0 Å². The molecule has 0 spiro atoms. The van der Waals surface area contributed by atoms with Crippen LogP contribution in [0.1, 0.15) is 99.8 Å². The van der Waals surface area contributed by atoms with Crippen LogP contribution in [-0.2, 0) is 9.53 Å². The van der Waals surface area contributed by atoms with Gasteiger partial charge in [0.2, 0.25) is 0 Å². The Morgan fingerprint density at radius 2 is 1.20 bits per heavy atom. The Morgan fingerprint density at radius 1 is 0.720 bits per heavy atom. The minimum absolute atomic E-state index is 0.0561. The smallest absolute Gasteiger partial charge is 0.305 e. The van der Waals surface area contributed by atoms with Crippen LogP contribution in [0.15, 0.2) is 0 Å². The Balaban J connectivity index is 5.38. The molecule has 0 saturated carbocycles. The van der Waals surface area contributed by atoms with Gasteiger partial charge in [0.05, 0.1) is 7.11 Å². The van der Waals surface area contributed by atoms with Crippen molar-refractivity contribution < 1.29 is 9.53 Å². The molecular formula is C23H46O2. The number of hydrogen-bond donors (Lipinski definition) is 0. The molecule has 6 unspecified atom stereocenters. The van der Waals surface area contributed by atoms with Gasteiger partial charge in [-0.1, -0.05) is 87.0 Å². The van der Waals surface area contributed by atoms with Crippen molar-refractivity contribution in [2.75, 3.05) is 7.11 Å². The standard InChI is InChI=1S/C23H46O2/c1-9-17(7)19(11-3)21(13-5)22(14-6)20(12-4)18(10-2)15-16-23(24)25-8/h17-22H,9-16H2,1-8H3. The quantitative estimate of drug-likeness (QED) is 0.310. The predicted molar refractivity (Wildman–Crippen MR) is 110 cm³/mol. The molecular weight excluding hydrogens is 308 g/mol. The van der Waals surface area contributed by atoms with Gasteiger partial charge in [-0.3, -0.25) is 4.79 Å². The van der Waals surface area contributed by atoms with E-state index in [1.165, 1.54) is 45.6 Å². The van der Waals surface area contributed by atoms with Gasteiger partial charge in [-0.2, -0.15) is 0 Å². The monoisotopic (exact) mass is 354 g/mol. The molecule has 6 atom stereocenters. The lowest BCUT2D eigenvalue weighted by Gasteiger charge is -2.42. The van der Waals surface area contributed by atoms with Gasteiger partial charge in [-0.25, -0.2) is 0 Å². The second-order valence-corrected chi connectivity index (χ2v) is 7.96. The van der Waals surface area contributed by atoms with Gasteiger partial charge in [-0.05, 0) is 41.9 Å². The Hall–Kier alpha value is -0.530. The maximum Gasteiger partial charge on any atom is 0.305 e. The van der Waals surface area contributed by atoms with Crippen LogP contribution in [0.3, 0.4) is 0 Å². The Morgan fingerprint density at radius 3 is 1.56 bits per heavy atom. The fourth-order valence-corrected chi connectivity index (χ4v) is 5.39. The first-order chi connectivity index (χ1) is 11.9. The van der Waals surface area contributed by atoms with E-state index in [1.54, 1.807) is 0 Å². The second kappa shape index (κ2) is 13.6. The number of esters is 1. The molecule has 0 aromatic rings. The number of ether oxygens (including phenoxy) is 1. The summed E-state index contributed by atoms with van der Waals surface area (Å²) in [5, 5.41) is 0. The van der Waals surface area contributed by atoms with Crippen LogP contribution in [0.25, 0.3) is 0 Å². The summed E-state index contributed by atoms with van der Waals surface area (Å²) in [6, 6.07) is 0. The lowest BCUT2D eigenvalue weighted by atomic mass is 9.63. The molecule has 0 amide bonds. The summed E-state index contributed by atoms with van der Waals surface area (Å²) in [5.74, 6) is 4.52. The van der Waals surface area contributed by atoms with E-state index in [1.807, 2.05) is 0 Å². The molecule has 0 aromatic heterocycles. The zero-order valence-corrected chi connectivity index (χ0v) is 18.4. The highest BCUT2D eigenvalue weighted by Crippen LogP contribution is 2.43. The zero-order chi connectivity index (χ0) is 19.4. The van der Waals surface area contributed by atoms with Crippen molar-refractivity contribution in [3.05, 3.63) is 0 Å². The van der Waals surface area contributed by atoms with Crippen LogP contribution in [0.5, 0.6) is 0 Å². The largest absolute Gasteiger partial charge is 0.469 e. The highest BCUT2D eigenvalue weighted by atomic mass is 16.5. The summed E-state index contributed by atoms with van der Waals surface area (Å²) in [6.07, 6.45) is 9.06. The van der Waals surface area contributed by atoms with E-state index < -0.39 is 0 Å². The number of rotatable bonds is 14. The number of hydrogen-bond acceptors (Lipinski definition) is 2. The van der Waals surface area contributed by atoms with E-state index in [-0.39, 0.29) is 5.97 Å². The van der Waals surface area contributed by atoms with E-state index in [0.29, 0.717) is 12.3 Å². The van der Waals surface area contributed by atoms with Crippen molar-refractivity contribution in [2.24, 2.45) is 35.5 Å². The van der Waals surface area contributed by atoms with Gasteiger partial charge in [0, 0.05) is 6.42 Å². The number of carbonyl (C=O) groups excluding carboxylic acids is 1. The molecule has 150 valence electrons. The highest BCUT2D eigenvalue weighted by Gasteiger charge is 2.36. The van der Waals surface area contributed by atoms with Crippen molar-refractivity contribution in [3.8, 4) is 0 Å². The first-order valence-corrected chi connectivity index (χ1v) is 11.0. The van der Waals surface area contributed by atoms with Crippen LogP contribution >= 0.6 is 0 Å². The summed E-state index contributed by atoms with van der Waals surface area (Å²) in [7, 11) is 1.50. The molecule has 2 heteroatoms. The SMILES string of the molecule is CCC(C)C(CC)C(CC)C(CC)C(CC)C(CC)CCC(=O)OC. The van der Waals surface area contributed by atoms with Crippen LogP contribution in [0.2, 0.25) is 0 Å². The third-order valence-electron chi connectivity index (χ3n) is 6.99. The van der Waals surface area contributed by atoms with Gasteiger partial charge in [0.25, 0.3) is 0 Å². The van der Waals surface area contributed by atoms with E-state index >= 15 is 0 Å². The Bertz CT molecular complexity index is 339. The maximum atomic E-state index is 11.6. The lowest BCUT2D eigenvalue weighted by molar-refractivity contribution is -0.141. The van der Waals surface area contributed by atoms with Crippen molar-refractivity contribution in [1.82, 2.24) is 0 Å². The molecule has 0 aliphatic rings. The van der Waals surface area contributed by atoms with E-state index in [2.05, 4.69) is 48.5 Å². The second-order valence-electron chi connectivity index (χ2n) is 7.96. The average Bonchev–Trinajstić information content (AvgIpc) is 2.65. The minimum Gasteiger partial charge on any atom is -0.469 e. The number of carbonyl (C=O) groups is 1. The van der Waals surface area contributed by atoms with Crippen molar-refractivity contribution >= 4 is 5.97 Å². The summed E-state index contributed by atoms with van der Waals surface area (Å²) >= 11 is 0. The molecule has 0 fully saturated rings. The molecule has 0 aliphatic heterocycles. The predicted octanol–water partition coefficient (Wildman–Crippen LogP) is 7.12. The van der Waals surface area contributed by atoms with E-state index in [0.717, 1.165) is 36.0 Å². The topological polar surface area (TPSA) is 26.3 Å². The molecule has 0 radical (unpaired) electrons. The summed E-state index contributed by atoms with van der Waals surface area (Å²) in [6.45, 7) is 16.6. The van der Waals surface area contributed by atoms with Crippen LogP contribution in [0.4, 0.5) is 0 Å². The van der Waals surface area contributed by atoms with E-state index in [9.17, 15) is 4.79 Å². The lowest BCUT2D eigenvalue weighted by Crippen LogP contribution is -2.34. The Kier molecular flexibility index (Phi) is 13.4. The van der Waals surface area contributed by atoms with Gasteiger partial charge in [-0.15, -0.1) is 0 Å². The molecule has 2 nitrogen and oxygen atoms in total. The van der Waals surface area contributed by atoms with Crippen molar-refractivity contribution in [2.45, 2.75) is 99.8 Å². The van der Waals surface area contributed by atoms with Crippen LogP contribution in [0, 0.1) is 35.5 Å². The third kappa shape index (κ3) is 7.31. The molecule has 0 heterocycles. The van der Waals surface area contributed by atoms with Gasteiger partial charge < -0.3 is 4.74 Å². The third-order valence-corrected chi connectivity index (χ3v) is 6.99. The fraction of sp³-hybridized carbons (Fsp3) is 0.957. The highest BCUT2D eigenvalue weighted by molar-refractivity contribution is 5.69. The molecule has 0 bridgehead atoms. The summed E-state index contributed by atoms with van der Waals surface area (Å²) in [5.41, 5.74) is 0. The van der Waals surface area contributed by atoms with Gasteiger partial charge >= 0.3 is 5.97 Å². The minimum atomic E-state index is -0.0561. The van der Waals surface area contributed by atoms with Crippen molar-refractivity contribution in [3.63, 3.8) is 0 Å². The fourth-order valence-electron chi connectivity index (χ4n) is 5.39. The van der Waals surface area contributed by atoms with Crippen molar-refractivity contribution in [1.29, 1.82) is 0 Å². The zero-order valence-electron chi connectivity index (χ0n) is 18.4. The molecule has 25 heavy (non-hydrogen) atoms. The molecule has 0 saturated heterocycles. The maximum absolute atomic E-state index is 11.6.